The average molecular weight is 333 g/mol. The lowest BCUT2D eigenvalue weighted by atomic mass is 10.1. The number of hydrogen-bond acceptors (Lipinski definition) is 5. The zero-order chi connectivity index (χ0) is 17.7. The molecule has 0 aliphatic rings. The van der Waals surface area contributed by atoms with Crippen molar-refractivity contribution in [1.82, 2.24) is 9.97 Å². The summed E-state index contributed by atoms with van der Waals surface area (Å²) in [6.07, 6.45) is 1.96. The van der Waals surface area contributed by atoms with Crippen LogP contribution in [0, 0.1) is 12.7 Å². The molecule has 0 saturated heterocycles. The quantitative estimate of drug-likeness (QED) is 0.822. The largest absolute Gasteiger partial charge is 0.496 e. The lowest BCUT2D eigenvalue weighted by molar-refractivity contribution is 0.396. The second kappa shape index (κ2) is 7.95. The molecule has 0 aliphatic heterocycles. The molecular formula is C18H24FN3O2. The first-order valence-corrected chi connectivity index (χ1v) is 8.07. The van der Waals surface area contributed by atoms with Crippen molar-refractivity contribution in [3.8, 4) is 22.9 Å². The standard InChI is InChI=1S/C18H24FN3O2/c1-6-13(7-2)21-17-18(24-5)22-16(11(3)20-17)14-9-8-12(19)10-15(14)23-4/h8-10,13H,6-7H2,1-5H3,(H,20,21). The Labute approximate surface area is 142 Å². The first kappa shape index (κ1) is 18.0. The fourth-order valence-corrected chi connectivity index (χ4v) is 2.54. The minimum Gasteiger partial charge on any atom is -0.496 e. The van der Waals surface area contributed by atoms with Gasteiger partial charge in [0.1, 0.15) is 11.6 Å². The van der Waals surface area contributed by atoms with Crippen LogP contribution in [0.1, 0.15) is 32.4 Å². The second-order valence-corrected chi connectivity index (χ2v) is 5.52. The van der Waals surface area contributed by atoms with Gasteiger partial charge in [-0.25, -0.2) is 14.4 Å². The Morgan fingerprint density at radius 1 is 1.12 bits per heavy atom. The van der Waals surface area contributed by atoms with E-state index in [-0.39, 0.29) is 5.82 Å². The molecule has 6 heteroatoms. The fourth-order valence-electron chi connectivity index (χ4n) is 2.54. The molecule has 5 nitrogen and oxygen atoms in total. The lowest BCUT2D eigenvalue weighted by Crippen LogP contribution is -2.19. The van der Waals surface area contributed by atoms with Crippen LogP contribution in [-0.4, -0.2) is 30.2 Å². The van der Waals surface area contributed by atoms with Crippen LogP contribution in [0.4, 0.5) is 10.2 Å². The maximum atomic E-state index is 13.4. The molecule has 2 aromatic rings. The van der Waals surface area contributed by atoms with Crippen molar-refractivity contribution in [2.75, 3.05) is 19.5 Å². The molecule has 0 saturated carbocycles. The maximum Gasteiger partial charge on any atom is 0.257 e. The molecule has 1 heterocycles. The summed E-state index contributed by atoms with van der Waals surface area (Å²) in [6, 6.07) is 4.65. The summed E-state index contributed by atoms with van der Waals surface area (Å²) in [4.78, 5) is 9.18. The van der Waals surface area contributed by atoms with Gasteiger partial charge in [0.15, 0.2) is 5.82 Å². The third-order valence-electron chi connectivity index (χ3n) is 3.98. The number of rotatable bonds is 7. The smallest absolute Gasteiger partial charge is 0.257 e. The summed E-state index contributed by atoms with van der Waals surface area (Å²) < 4.78 is 24.1. The van der Waals surface area contributed by atoms with Crippen LogP contribution in [0.3, 0.4) is 0 Å². The first-order chi connectivity index (χ1) is 11.5. The zero-order valence-corrected chi connectivity index (χ0v) is 14.8. The van der Waals surface area contributed by atoms with Crippen molar-refractivity contribution in [2.45, 2.75) is 39.7 Å². The minimum atomic E-state index is -0.361. The second-order valence-electron chi connectivity index (χ2n) is 5.52. The Bertz CT molecular complexity index is 703. The van der Waals surface area contributed by atoms with E-state index in [1.165, 1.54) is 19.2 Å². The third kappa shape index (κ3) is 3.75. The van der Waals surface area contributed by atoms with Crippen LogP contribution >= 0.6 is 0 Å². The van der Waals surface area contributed by atoms with Crippen molar-refractivity contribution >= 4 is 5.82 Å². The van der Waals surface area contributed by atoms with Crippen LogP contribution in [-0.2, 0) is 0 Å². The van der Waals surface area contributed by atoms with Gasteiger partial charge in [-0.3, -0.25) is 0 Å². The van der Waals surface area contributed by atoms with E-state index in [0.29, 0.717) is 40.4 Å². The molecule has 0 spiro atoms. The van der Waals surface area contributed by atoms with Gasteiger partial charge in [-0.15, -0.1) is 0 Å². The molecule has 0 amide bonds. The molecule has 0 unspecified atom stereocenters. The van der Waals surface area contributed by atoms with Gasteiger partial charge in [0, 0.05) is 17.7 Å². The molecule has 130 valence electrons. The van der Waals surface area contributed by atoms with E-state index in [2.05, 4.69) is 29.1 Å². The summed E-state index contributed by atoms with van der Waals surface area (Å²) >= 11 is 0. The number of nitrogens with one attached hydrogen (secondary N) is 1. The number of aryl methyl sites for hydroxylation is 1. The number of nitrogens with zero attached hydrogens (tertiary/aromatic N) is 2. The van der Waals surface area contributed by atoms with Gasteiger partial charge in [-0.2, -0.15) is 0 Å². The Morgan fingerprint density at radius 2 is 1.83 bits per heavy atom. The number of methoxy groups -OCH3 is 2. The molecule has 24 heavy (non-hydrogen) atoms. The normalized spacial score (nSPS) is 10.8. The number of hydrogen-bond donors (Lipinski definition) is 1. The van der Waals surface area contributed by atoms with Crippen molar-refractivity contribution in [2.24, 2.45) is 0 Å². The van der Waals surface area contributed by atoms with Crippen LogP contribution in [0.15, 0.2) is 18.2 Å². The van der Waals surface area contributed by atoms with Gasteiger partial charge < -0.3 is 14.8 Å². The van der Waals surface area contributed by atoms with E-state index in [0.717, 1.165) is 12.8 Å². The average Bonchev–Trinajstić information content (AvgIpc) is 2.60. The van der Waals surface area contributed by atoms with Crippen LogP contribution in [0.25, 0.3) is 11.3 Å². The summed E-state index contributed by atoms with van der Waals surface area (Å²) in [6.45, 7) is 6.10. The number of benzene rings is 1. The SMILES string of the molecule is CCC(CC)Nc1nc(C)c(-c2ccc(F)cc2OC)nc1OC. The summed E-state index contributed by atoms with van der Waals surface area (Å²) in [7, 11) is 3.06. The Kier molecular flexibility index (Phi) is 5.95. The van der Waals surface area contributed by atoms with Gasteiger partial charge in [-0.05, 0) is 31.9 Å². The van der Waals surface area contributed by atoms with Crippen LogP contribution in [0.2, 0.25) is 0 Å². The molecule has 1 aromatic heterocycles. The van der Waals surface area contributed by atoms with Crippen molar-refractivity contribution in [1.29, 1.82) is 0 Å². The van der Waals surface area contributed by atoms with Gasteiger partial charge in [0.2, 0.25) is 0 Å². The molecule has 2 rings (SSSR count). The molecule has 1 aromatic carbocycles. The molecule has 0 radical (unpaired) electrons. The topological polar surface area (TPSA) is 56.3 Å². The zero-order valence-electron chi connectivity index (χ0n) is 14.8. The van der Waals surface area contributed by atoms with E-state index in [1.807, 2.05) is 6.92 Å². The molecule has 0 bridgehead atoms. The van der Waals surface area contributed by atoms with Gasteiger partial charge in [-0.1, -0.05) is 13.8 Å². The lowest BCUT2D eigenvalue weighted by Gasteiger charge is -2.19. The van der Waals surface area contributed by atoms with E-state index < -0.39 is 0 Å². The summed E-state index contributed by atoms with van der Waals surface area (Å²) in [5.74, 6) is 1.08. The molecule has 0 aliphatic carbocycles. The summed E-state index contributed by atoms with van der Waals surface area (Å²) in [5.41, 5.74) is 2.00. The fraction of sp³-hybridized carbons (Fsp3) is 0.444. The number of halogens is 1. The number of anilines is 1. The first-order valence-electron chi connectivity index (χ1n) is 8.07. The van der Waals surface area contributed by atoms with Crippen molar-refractivity contribution in [3.05, 3.63) is 29.7 Å². The Hall–Kier alpha value is -2.37. The molecule has 0 atom stereocenters. The monoisotopic (exact) mass is 333 g/mol. The number of ether oxygens (including phenoxy) is 2. The van der Waals surface area contributed by atoms with Crippen molar-refractivity contribution in [3.63, 3.8) is 0 Å². The highest BCUT2D eigenvalue weighted by molar-refractivity contribution is 5.70. The van der Waals surface area contributed by atoms with E-state index in [1.54, 1.807) is 13.2 Å². The van der Waals surface area contributed by atoms with E-state index in [4.69, 9.17) is 9.47 Å². The van der Waals surface area contributed by atoms with Gasteiger partial charge >= 0.3 is 0 Å². The molecular weight excluding hydrogens is 309 g/mol. The van der Waals surface area contributed by atoms with Crippen molar-refractivity contribution < 1.29 is 13.9 Å². The minimum absolute atomic E-state index is 0.304. The van der Waals surface area contributed by atoms with Crippen LogP contribution < -0.4 is 14.8 Å². The third-order valence-corrected chi connectivity index (χ3v) is 3.98. The predicted molar refractivity (Wildman–Crippen MR) is 93.3 cm³/mol. The Balaban J connectivity index is 2.50. The van der Waals surface area contributed by atoms with E-state index >= 15 is 0 Å². The summed E-state index contributed by atoms with van der Waals surface area (Å²) in [5, 5.41) is 3.37. The van der Waals surface area contributed by atoms with Crippen LogP contribution in [0.5, 0.6) is 11.6 Å². The molecule has 1 N–H and O–H groups in total. The predicted octanol–water partition coefficient (Wildman–Crippen LogP) is 4.21. The highest BCUT2D eigenvalue weighted by atomic mass is 19.1. The number of aromatic nitrogens is 2. The van der Waals surface area contributed by atoms with Gasteiger partial charge in [0.25, 0.3) is 5.88 Å². The maximum absolute atomic E-state index is 13.4. The van der Waals surface area contributed by atoms with Gasteiger partial charge in [0.05, 0.1) is 25.6 Å². The highest BCUT2D eigenvalue weighted by Gasteiger charge is 2.18. The Morgan fingerprint density at radius 3 is 2.42 bits per heavy atom. The highest BCUT2D eigenvalue weighted by Crippen LogP contribution is 2.34. The van der Waals surface area contributed by atoms with E-state index in [9.17, 15) is 4.39 Å². The molecule has 0 fully saturated rings.